The van der Waals surface area contributed by atoms with Crippen LogP contribution in [0.25, 0.3) is 10.9 Å². The van der Waals surface area contributed by atoms with Gasteiger partial charge < -0.3 is 10.1 Å². The summed E-state index contributed by atoms with van der Waals surface area (Å²) in [6.45, 7) is 0.688. The van der Waals surface area contributed by atoms with Gasteiger partial charge in [-0.1, -0.05) is 12.1 Å². The standard InChI is InChI=1S/C17H13BrIN3O/c18-13-3-1-2-11-15(6-7-23-16(11)13)22-17-12-8-10(19)4-5-14(12)20-9-21-17/h1-5,8-9,15H,6-7H2,(H,20,21,22). The maximum absolute atomic E-state index is 5.81. The number of aromatic nitrogens is 2. The average molecular weight is 482 g/mol. The molecule has 6 heteroatoms. The lowest BCUT2D eigenvalue weighted by molar-refractivity contribution is 0.272. The Kier molecular flexibility index (Phi) is 4.11. The van der Waals surface area contributed by atoms with Gasteiger partial charge in [0, 0.05) is 20.9 Å². The lowest BCUT2D eigenvalue weighted by Gasteiger charge is -2.28. The Morgan fingerprint density at radius 3 is 3.04 bits per heavy atom. The van der Waals surface area contributed by atoms with Gasteiger partial charge in [-0.15, -0.1) is 0 Å². The molecule has 1 atom stereocenters. The van der Waals surface area contributed by atoms with Crippen molar-refractivity contribution in [2.24, 2.45) is 0 Å². The number of para-hydroxylation sites is 1. The number of nitrogens with zero attached hydrogens (tertiary/aromatic N) is 2. The molecule has 1 aromatic heterocycles. The Hall–Kier alpha value is -1.41. The third-order valence-electron chi connectivity index (χ3n) is 3.93. The van der Waals surface area contributed by atoms with Crippen molar-refractivity contribution in [3.05, 3.63) is 56.3 Å². The summed E-state index contributed by atoms with van der Waals surface area (Å²) < 4.78 is 7.97. The summed E-state index contributed by atoms with van der Waals surface area (Å²) in [4.78, 5) is 8.81. The number of nitrogens with one attached hydrogen (secondary N) is 1. The SMILES string of the molecule is Brc1cccc2c1OCCC2Nc1ncnc2ccc(I)cc12. The normalized spacial score (nSPS) is 16.7. The lowest BCUT2D eigenvalue weighted by Crippen LogP contribution is -2.21. The Morgan fingerprint density at radius 1 is 1.22 bits per heavy atom. The molecule has 0 amide bonds. The highest BCUT2D eigenvalue weighted by Gasteiger charge is 2.23. The van der Waals surface area contributed by atoms with E-state index in [9.17, 15) is 0 Å². The first-order valence-electron chi connectivity index (χ1n) is 7.30. The highest BCUT2D eigenvalue weighted by atomic mass is 127. The maximum Gasteiger partial charge on any atom is 0.138 e. The molecule has 4 rings (SSSR count). The second-order valence-electron chi connectivity index (χ2n) is 5.38. The van der Waals surface area contributed by atoms with Gasteiger partial charge in [-0.3, -0.25) is 0 Å². The topological polar surface area (TPSA) is 47.0 Å². The highest BCUT2D eigenvalue weighted by molar-refractivity contribution is 14.1. The summed E-state index contributed by atoms with van der Waals surface area (Å²) in [7, 11) is 0. The smallest absolute Gasteiger partial charge is 0.138 e. The molecule has 3 aromatic rings. The first-order chi connectivity index (χ1) is 11.2. The largest absolute Gasteiger partial charge is 0.492 e. The third kappa shape index (κ3) is 2.89. The van der Waals surface area contributed by atoms with Crippen LogP contribution in [0.2, 0.25) is 0 Å². The molecule has 0 saturated heterocycles. The Balaban J connectivity index is 1.75. The van der Waals surface area contributed by atoms with Crippen molar-refractivity contribution >= 4 is 55.2 Å². The van der Waals surface area contributed by atoms with Crippen molar-refractivity contribution in [2.75, 3.05) is 11.9 Å². The van der Waals surface area contributed by atoms with Gasteiger partial charge in [0.25, 0.3) is 0 Å². The molecule has 116 valence electrons. The van der Waals surface area contributed by atoms with Gasteiger partial charge in [-0.05, 0) is 62.8 Å². The summed E-state index contributed by atoms with van der Waals surface area (Å²) in [5.74, 6) is 1.79. The number of fused-ring (bicyclic) bond motifs is 2. The van der Waals surface area contributed by atoms with E-state index in [1.807, 2.05) is 18.2 Å². The number of benzene rings is 2. The molecule has 0 radical (unpaired) electrons. The Morgan fingerprint density at radius 2 is 2.13 bits per heavy atom. The summed E-state index contributed by atoms with van der Waals surface area (Å²) in [6, 6.07) is 12.5. The van der Waals surface area contributed by atoms with Crippen LogP contribution in [-0.4, -0.2) is 16.6 Å². The van der Waals surface area contributed by atoms with E-state index < -0.39 is 0 Å². The second kappa shape index (κ2) is 6.24. The van der Waals surface area contributed by atoms with Crippen LogP contribution >= 0.6 is 38.5 Å². The van der Waals surface area contributed by atoms with Crippen molar-refractivity contribution in [3.63, 3.8) is 0 Å². The summed E-state index contributed by atoms with van der Waals surface area (Å²) in [5.41, 5.74) is 2.10. The van der Waals surface area contributed by atoms with Crippen molar-refractivity contribution in [3.8, 4) is 5.75 Å². The van der Waals surface area contributed by atoms with Crippen LogP contribution in [0.3, 0.4) is 0 Å². The first-order valence-corrected chi connectivity index (χ1v) is 9.17. The molecule has 23 heavy (non-hydrogen) atoms. The minimum Gasteiger partial charge on any atom is -0.492 e. The predicted molar refractivity (Wildman–Crippen MR) is 103 cm³/mol. The zero-order valence-electron chi connectivity index (χ0n) is 12.1. The fourth-order valence-corrected chi connectivity index (χ4v) is 3.83. The van der Waals surface area contributed by atoms with Gasteiger partial charge in [-0.2, -0.15) is 0 Å². The van der Waals surface area contributed by atoms with E-state index in [-0.39, 0.29) is 6.04 Å². The van der Waals surface area contributed by atoms with Gasteiger partial charge in [0.15, 0.2) is 0 Å². The Labute approximate surface area is 155 Å². The van der Waals surface area contributed by atoms with Crippen LogP contribution in [-0.2, 0) is 0 Å². The van der Waals surface area contributed by atoms with Crippen LogP contribution in [0.5, 0.6) is 5.75 Å². The van der Waals surface area contributed by atoms with Crippen molar-refractivity contribution in [1.82, 2.24) is 9.97 Å². The number of halogens is 2. The number of anilines is 1. The molecule has 0 spiro atoms. The van der Waals surface area contributed by atoms with Gasteiger partial charge in [-0.25, -0.2) is 9.97 Å². The van der Waals surface area contributed by atoms with Crippen molar-refractivity contribution in [1.29, 1.82) is 0 Å². The molecule has 1 unspecified atom stereocenters. The molecule has 0 saturated carbocycles. The van der Waals surface area contributed by atoms with Gasteiger partial charge in [0.2, 0.25) is 0 Å². The highest BCUT2D eigenvalue weighted by Crippen LogP contribution is 2.39. The van der Waals surface area contributed by atoms with Crippen molar-refractivity contribution < 1.29 is 4.74 Å². The number of rotatable bonds is 2. The van der Waals surface area contributed by atoms with Gasteiger partial charge in [0.1, 0.15) is 17.9 Å². The van der Waals surface area contributed by atoms with E-state index in [0.29, 0.717) is 6.61 Å². The number of hydrogen-bond donors (Lipinski definition) is 1. The molecule has 2 heterocycles. The molecule has 0 bridgehead atoms. The van der Waals surface area contributed by atoms with E-state index in [0.717, 1.165) is 38.9 Å². The third-order valence-corrected chi connectivity index (χ3v) is 5.23. The Bertz CT molecular complexity index is 887. The fraction of sp³-hybridized carbons (Fsp3) is 0.176. The number of hydrogen-bond acceptors (Lipinski definition) is 4. The summed E-state index contributed by atoms with van der Waals surface area (Å²) in [6.07, 6.45) is 2.51. The summed E-state index contributed by atoms with van der Waals surface area (Å²) >= 11 is 5.88. The van der Waals surface area contributed by atoms with Gasteiger partial charge in [0.05, 0.1) is 22.6 Å². The molecular formula is C17H13BrIN3O. The van der Waals surface area contributed by atoms with Crippen LogP contribution in [0.4, 0.5) is 5.82 Å². The second-order valence-corrected chi connectivity index (χ2v) is 7.48. The van der Waals surface area contributed by atoms with Crippen LogP contribution in [0.1, 0.15) is 18.0 Å². The van der Waals surface area contributed by atoms with Crippen LogP contribution in [0, 0.1) is 3.57 Å². The number of ether oxygens (including phenoxy) is 1. The minimum absolute atomic E-state index is 0.173. The molecule has 1 N–H and O–H groups in total. The molecule has 0 fully saturated rings. The van der Waals surface area contributed by atoms with Crippen LogP contribution < -0.4 is 10.1 Å². The van der Waals surface area contributed by atoms with E-state index in [1.54, 1.807) is 6.33 Å². The quantitative estimate of drug-likeness (QED) is 0.527. The van der Waals surface area contributed by atoms with E-state index in [1.165, 1.54) is 3.57 Å². The van der Waals surface area contributed by atoms with E-state index in [2.05, 4.69) is 72.0 Å². The molecule has 1 aliphatic rings. The zero-order chi connectivity index (χ0) is 15.8. The minimum atomic E-state index is 0.173. The first kappa shape index (κ1) is 15.1. The maximum atomic E-state index is 5.81. The van der Waals surface area contributed by atoms with Gasteiger partial charge >= 0.3 is 0 Å². The summed E-state index contributed by atoms with van der Waals surface area (Å²) in [5, 5.41) is 4.62. The molecule has 2 aromatic carbocycles. The zero-order valence-corrected chi connectivity index (χ0v) is 15.8. The van der Waals surface area contributed by atoms with E-state index in [4.69, 9.17) is 4.74 Å². The van der Waals surface area contributed by atoms with Crippen LogP contribution in [0.15, 0.2) is 47.2 Å². The molecule has 1 aliphatic heterocycles. The molecule has 0 aliphatic carbocycles. The predicted octanol–water partition coefficient (Wildman–Crippen LogP) is 4.93. The monoisotopic (exact) mass is 481 g/mol. The fourth-order valence-electron chi connectivity index (χ4n) is 2.85. The average Bonchev–Trinajstić information content (AvgIpc) is 2.56. The van der Waals surface area contributed by atoms with Crippen molar-refractivity contribution in [2.45, 2.75) is 12.5 Å². The molecular weight excluding hydrogens is 469 g/mol. The lowest BCUT2D eigenvalue weighted by atomic mass is 10.0. The van der Waals surface area contributed by atoms with E-state index >= 15 is 0 Å². The molecule has 4 nitrogen and oxygen atoms in total.